The number of nitrogens with two attached hydrogens (primary N) is 2. The average Bonchev–Trinajstić information content (AvgIpc) is 3.91. The Hall–Kier alpha value is -5.24. The number of hydrogen-bond acceptors (Lipinski definition) is 9. The second kappa shape index (κ2) is 17.3. The number of carbonyl (C=O) groups excluding carboxylic acids is 2. The summed E-state index contributed by atoms with van der Waals surface area (Å²) in [5.74, 6) is 2.05. The van der Waals surface area contributed by atoms with Gasteiger partial charge in [-0.3, -0.25) is 9.59 Å². The molecule has 310 valence electrons. The molecule has 0 spiro atoms. The van der Waals surface area contributed by atoms with Gasteiger partial charge in [-0.05, 0) is 135 Å². The van der Waals surface area contributed by atoms with E-state index in [9.17, 15) is 19.1 Å². The molecule has 3 aromatic heterocycles. The van der Waals surface area contributed by atoms with Crippen molar-refractivity contribution < 1.29 is 23.6 Å². The van der Waals surface area contributed by atoms with E-state index in [4.69, 9.17) is 21.0 Å². The van der Waals surface area contributed by atoms with Crippen LogP contribution in [0.5, 0.6) is 5.75 Å². The van der Waals surface area contributed by atoms with Gasteiger partial charge < -0.3 is 41.3 Å². The van der Waals surface area contributed by atoms with Crippen molar-refractivity contribution in [1.29, 1.82) is 0 Å². The van der Waals surface area contributed by atoms with Crippen LogP contribution in [0.4, 0.5) is 10.3 Å². The Balaban J connectivity index is 1.16. The summed E-state index contributed by atoms with van der Waals surface area (Å²) < 4.78 is 22.3. The lowest BCUT2D eigenvalue weighted by Gasteiger charge is -2.50. The molecule has 2 fully saturated rings. The molecule has 2 bridgehead atoms. The molecule has 0 aliphatic heterocycles. The first kappa shape index (κ1) is 40.9. The zero-order valence-corrected chi connectivity index (χ0v) is 34.1. The molecule has 2 aliphatic rings. The molecular formula is C44H58FN9O4. The number of aromatic amines is 1. The highest BCUT2D eigenvalue weighted by Crippen LogP contribution is 2.54. The number of benzene rings is 2. The second-order valence-corrected chi connectivity index (χ2v) is 17.4. The molecule has 7 atom stereocenters. The number of aryl methyl sites for hydroxylation is 3. The summed E-state index contributed by atoms with van der Waals surface area (Å²) in [5, 5.41) is 21.5. The van der Waals surface area contributed by atoms with Gasteiger partial charge in [0.05, 0.1) is 6.04 Å². The Morgan fingerprint density at radius 2 is 1.90 bits per heavy atom. The first-order chi connectivity index (χ1) is 27.8. The van der Waals surface area contributed by atoms with Gasteiger partial charge in [-0.15, -0.1) is 0 Å². The second-order valence-electron chi connectivity index (χ2n) is 17.4. The largest absolute Gasteiger partial charge is 0.508 e. The average molecular weight is 796 g/mol. The standard InChI is InChI=1S/C44H58FN9O4/c1-5-28-16-29-13-25(2)20-44(21-28,22-29)23-39-52-42(58-53-39)38(17-30-24-49-36-9-8-31(45)18-34(30)36)51-41(57)37(19-33-26(3)14-32(55)15-27(33)4)50-40(56)35(46)7-6-11-54-12-10-48-43(54)47/h8-10,12,14-15,18,24-25,28-29,35,37-38,49,55H,5-7,11,13,16-17,19-23,46H2,1-4H3,(H2,47,48)(H,50,56)(H,51,57)/t25?,28?,29?,35-,37+,38+,44?/m1/s1. The molecule has 4 unspecified atom stereocenters. The molecule has 7 rings (SSSR count). The van der Waals surface area contributed by atoms with Crippen molar-refractivity contribution in [2.24, 2.45) is 28.9 Å². The Kier molecular flexibility index (Phi) is 12.2. The number of phenols is 1. The number of anilines is 1. The van der Waals surface area contributed by atoms with Crippen molar-refractivity contribution in [3.63, 3.8) is 0 Å². The van der Waals surface area contributed by atoms with Crippen molar-refractivity contribution in [3.05, 3.63) is 88.7 Å². The number of amides is 2. The molecule has 13 nitrogen and oxygen atoms in total. The van der Waals surface area contributed by atoms with Crippen LogP contribution >= 0.6 is 0 Å². The molecule has 5 aromatic rings. The van der Waals surface area contributed by atoms with E-state index in [2.05, 4.69) is 39.6 Å². The third-order valence-electron chi connectivity index (χ3n) is 12.7. The van der Waals surface area contributed by atoms with Gasteiger partial charge in [0, 0.05) is 55.3 Å². The van der Waals surface area contributed by atoms with E-state index in [1.165, 1.54) is 25.0 Å². The van der Waals surface area contributed by atoms with Gasteiger partial charge in [0.25, 0.3) is 0 Å². The predicted octanol–water partition coefficient (Wildman–Crippen LogP) is 6.51. The van der Waals surface area contributed by atoms with E-state index in [0.29, 0.717) is 60.7 Å². The number of rotatable bonds is 16. The number of hydrogen-bond donors (Lipinski definition) is 6. The van der Waals surface area contributed by atoms with Crippen molar-refractivity contribution >= 4 is 28.7 Å². The number of nitrogens with one attached hydrogen (secondary N) is 3. The van der Waals surface area contributed by atoms with Gasteiger partial charge in [-0.1, -0.05) is 25.4 Å². The first-order valence-corrected chi connectivity index (χ1v) is 20.8. The van der Waals surface area contributed by atoms with Crippen LogP contribution in [-0.2, 0) is 35.4 Å². The lowest BCUT2D eigenvalue weighted by atomic mass is 9.55. The lowest BCUT2D eigenvalue weighted by molar-refractivity contribution is -0.130. The fourth-order valence-corrected chi connectivity index (χ4v) is 10.2. The Morgan fingerprint density at radius 1 is 1.10 bits per heavy atom. The molecule has 0 radical (unpaired) electrons. The fraction of sp³-hybridized carbons (Fsp3) is 0.523. The molecule has 2 aliphatic carbocycles. The first-order valence-electron chi connectivity index (χ1n) is 20.8. The van der Waals surface area contributed by atoms with Crippen LogP contribution in [0.25, 0.3) is 10.9 Å². The van der Waals surface area contributed by atoms with Gasteiger partial charge in [0.15, 0.2) is 11.8 Å². The Bertz CT molecular complexity index is 2200. The molecular weight excluding hydrogens is 738 g/mol. The van der Waals surface area contributed by atoms with Gasteiger partial charge in [0.1, 0.15) is 23.7 Å². The maximum atomic E-state index is 14.6. The number of carbonyl (C=O) groups is 2. The molecule has 8 N–H and O–H groups in total. The highest BCUT2D eigenvalue weighted by atomic mass is 19.1. The van der Waals surface area contributed by atoms with Crippen LogP contribution in [0, 0.1) is 42.8 Å². The number of halogens is 1. The molecule has 14 heteroatoms. The minimum absolute atomic E-state index is 0.106. The van der Waals surface area contributed by atoms with Crippen LogP contribution in [0.1, 0.15) is 105 Å². The smallest absolute Gasteiger partial charge is 0.249 e. The third kappa shape index (κ3) is 9.38. The topological polar surface area (TPSA) is 203 Å². The number of phenolic OH excluding ortho intramolecular Hbond substituents is 1. The van der Waals surface area contributed by atoms with Crippen molar-refractivity contribution in [1.82, 2.24) is 35.3 Å². The van der Waals surface area contributed by atoms with Crippen LogP contribution in [0.2, 0.25) is 0 Å². The number of nitrogens with zero attached hydrogens (tertiary/aromatic N) is 4. The number of aromatic hydroxyl groups is 1. The summed E-state index contributed by atoms with van der Waals surface area (Å²) in [4.78, 5) is 40.5. The maximum Gasteiger partial charge on any atom is 0.249 e. The monoisotopic (exact) mass is 795 g/mol. The SMILES string of the molecule is CCC1CC2CC(C)CC(Cc3noc([C@H](Cc4c[nH]c5ccc(F)cc45)NC(=O)[C@H](Cc4c(C)cc(O)cc4C)NC(=O)[C@H](N)CCCn4ccnc4N)n3)(C1)C2. The Morgan fingerprint density at radius 3 is 2.64 bits per heavy atom. The molecule has 3 heterocycles. The number of imidazole rings is 1. The summed E-state index contributed by atoms with van der Waals surface area (Å²) in [5.41, 5.74) is 16.3. The molecule has 2 aromatic carbocycles. The predicted molar refractivity (Wildman–Crippen MR) is 220 cm³/mol. The fourth-order valence-electron chi connectivity index (χ4n) is 10.2. The van der Waals surface area contributed by atoms with Crippen molar-refractivity contribution in [2.45, 2.75) is 123 Å². The summed E-state index contributed by atoms with van der Waals surface area (Å²) >= 11 is 0. The van der Waals surface area contributed by atoms with E-state index >= 15 is 0 Å². The van der Waals surface area contributed by atoms with Crippen LogP contribution < -0.4 is 22.1 Å². The number of nitrogen functional groups attached to an aromatic ring is 1. The van der Waals surface area contributed by atoms with E-state index in [1.54, 1.807) is 41.4 Å². The van der Waals surface area contributed by atoms with Gasteiger partial charge in [-0.25, -0.2) is 9.37 Å². The highest BCUT2D eigenvalue weighted by Gasteiger charge is 2.45. The highest BCUT2D eigenvalue weighted by molar-refractivity contribution is 5.90. The van der Waals surface area contributed by atoms with Gasteiger partial charge >= 0.3 is 0 Å². The van der Waals surface area contributed by atoms with Crippen molar-refractivity contribution in [2.75, 3.05) is 5.73 Å². The maximum absolute atomic E-state index is 14.6. The normalized spacial score (nSPS) is 22.1. The summed E-state index contributed by atoms with van der Waals surface area (Å²) in [7, 11) is 0. The zero-order chi connectivity index (χ0) is 41.1. The molecule has 2 saturated carbocycles. The Labute approximate surface area is 338 Å². The summed E-state index contributed by atoms with van der Waals surface area (Å²) in [6.45, 7) is 8.89. The van der Waals surface area contributed by atoms with Crippen LogP contribution in [0.3, 0.4) is 0 Å². The van der Waals surface area contributed by atoms with E-state index < -0.39 is 29.9 Å². The van der Waals surface area contributed by atoms with Gasteiger partial charge in [0.2, 0.25) is 17.7 Å². The van der Waals surface area contributed by atoms with E-state index in [-0.39, 0.29) is 35.7 Å². The minimum atomic E-state index is -1.05. The van der Waals surface area contributed by atoms with E-state index in [1.807, 2.05) is 13.8 Å². The summed E-state index contributed by atoms with van der Waals surface area (Å²) in [6.07, 6.45) is 14.3. The number of fused-ring (bicyclic) bond motifs is 3. The van der Waals surface area contributed by atoms with Crippen LogP contribution in [0.15, 0.2) is 53.4 Å². The van der Waals surface area contributed by atoms with Gasteiger partial charge in [-0.2, -0.15) is 4.98 Å². The molecule has 0 saturated heterocycles. The molecule has 2 amide bonds. The van der Waals surface area contributed by atoms with Crippen molar-refractivity contribution in [3.8, 4) is 5.75 Å². The zero-order valence-electron chi connectivity index (χ0n) is 34.1. The quantitative estimate of drug-likeness (QED) is 0.0644. The minimum Gasteiger partial charge on any atom is -0.508 e. The molecule has 58 heavy (non-hydrogen) atoms. The summed E-state index contributed by atoms with van der Waals surface area (Å²) in [6, 6.07) is 5.05. The number of aromatic nitrogens is 5. The van der Waals surface area contributed by atoms with Crippen LogP contribution in [-0.4, -0.2) is 53.7 Å². The number of H-pyrrole nitrogens is 1. The van der Waals surface area contributed by atoms with E-state index in [0.717, 1.165) is 53.5 Å². The third-order valence-corrected chi connectivity index (χ3v) is 12.7. The lowest BCUT2D eigenvalue weighted by Crippen LogP contribution is -2.53.